The Hall–Kier alpha value is -3.96. The van der Waals surface area contributed by atoms with Crippen LogP contribution in [0, 0.1) is 17.1 Å². The molecule has 1 aromatic carbocycles. The summed E-state index contributed by atoms with van der Waals surface area (Å²) in [5.41, 5.74) is -0.388. The number of rotatable bonds is 6. The van der Waals surface area contributed by atoms with E-state index in [0.29, 0.717) is 4.31 Å². The molecule has 2 aromatic heterocycles. The van der Waals surface area contributed by atoms with Crippen molar-refractivity contribution in [1.29, 1.82) is 5.26 Å². The van der Waals surface area contributed by atoms with Gasteiger partial charge in [-0.2, -0.15) is 22.7 Å². The molecule has 38 heavy (non-hydrogen) atoms. The molecule has 0 spiro atoms. The summed E-state index contributed by atoms with van der Waals surface area (Å²) < 4.78 is 92.6. The monoisotopic (exact) mass is 551 g/mol. The summed E-state index contributed by atoms with van der Waals surface area (Å²) in [4.78, 5) is 20.1. The summed E-state index contributed by atoms with van der Waals surface area (Å²) in [6, 6.07) is 7.69. The van der Waals surface area contributed by atoms with Gasteiger partial charge in [0.1, 0.15) is 29.8 Å². The highest BCUT2D eigenvalue weighted by Crippen LogP contribution is 2.30. The molecule has 3 heterocycles. The summed E-state index contributed by atoms with van der Waals surface area (Å²) in [5.74, 6) is -1.49. The van der Waals surface area contributed by atoms with E-state index in [4.69, 9.17) is 0 Å². The van der Waals surface area contributed by atoms with Gasteiger partial charge in [0, 0.05) is 37.5 Å². The van der Waals surface area contributed by atoms with Crippen LogP contribution in [0.1, 0.15) is 23.2 Å². The predicted octanol–water partition coefficient (Wildman–Crippen LogP) is 3.59. The van der Waals surface area contributed by atoms with Crippen LogP contribution in [0.15, 0.2) is 59.8 Å². The van der Waals surface area contributed by atoms with Crippen LogP contribution in [-0.2, 0) is 27.5 Å². The quantitative estimate of drug-likeness (QED) is 0.468. The van der Waals surface area contributed by atoms with Crippen molar-refractivity contribution in [2.45, 2.75) is 36.3 Å². The molecule has 14 heteroatoms. The molecule has 8 nitrogen and oxygen atoms in total. The Morgan fingerprint density at radius 2 is 1.84 bits per heavy atom. The highest BCUT2D eigenvalue weighted by molar-refractivity contribution is 7.89. The van der Waals surface area contributed by atoms with Crippen LogP contribution in [0.5, 0.6) is 0 Å². The Bertz CT molecular complexity index is 1490. The lowest BCUT2D eigenvalue weighted by Crippen LogP contribution is -2.45. The molecule has 1 aliphatic rings. The molecule has 198 valence electrons. The van der Waals surface area contributed by atoms with Crippen LogP contribution >= 0.6 is 0 Å². The molecule has 1 N–H and O–H groups in total. The number of sulfonamides is 1. The number of carbonyl (C=O) groups excluding carboxylic acids is 1. The van der Waals surface area contributed by atoms with Gasteiger partial charge in [0.05, 0.1) is 16.2 Å². The van der Waals surface area contributed by atoms with Gasteiger partial charge in [0.15, 0.2) is 0 Å². The molecule has 0 bridgehead atoms. The average molecular weight is 551 g/mol. The van der Waals surface area contributed by atoms with E-state index in [-0.39, 0.29) is 33.8 Å². The molecule has 3 aromatic rings. The van der Waals surface area contributed by atoms with E-state index in [1.54, 1.807) is 0 Å². The zero-order valence-electron chi connectivity index (χ0n) is 19.3. The fraction of sp³-hybridized carbons (Fsp3) is 0.250. The van der Waals surface area contributed by atoms with Gasteiger partial charge < -0.3 is 5.32 Å². The molecule has 0 radical (unpaired) electrons. The zero-order chi connectivity index (χ0) is 27.7. The lowest BCUT2D eigenvalue weighted by Gasteiger charge is -2.23. The van der Waals surface area contributed by atoms with E-state index in [1.807, 2.05) is 6.07 Å². The first-order chi connectivity index (χ1) is 17.9. The summed E-state index contributed by atoms with van der Waals surface area (Å²) >= 11 is 0. The highest BCUT2D eigenvalue weighted by Gasteiger charge is 2.44. The number of benzene rings is 1. The number of hydrogen-bond donors (Lipinski definition) is 1. The van der Waals surface area contributed by atoms with Gasteiger partial charge in [0.25, 0.3) is 0 Å². The lowest BCUT2D eigenvalue weighted by molar-refractivity contribution is -0.141. The van der Waals surface area contributed by atoms with Gasteiger partial charge in [-0.3, -0.25) is 14.8 Å². The average Bonchev–Trinajstić information content (AvgIpc) is 3.29. The molecule has 1 fully saturated rings. The van der Waals surface area contributed by atoms with Crippen molar-refractivity contribution in [3.05, 3.63) is 77.5 Å². The Labute approximate surface area is 213 Å². The normalized spacial score (nSPS) is 18.2. The zero-order valence-corrected chi connectivity index (χ0v) is 20.1. The van der Waals surface area contributed by atoms with Crippen LogP contribution in [0.3, 0.4) is 0 Å². The number of carbonyl (C=O) groups is 1. The van der Waals surface area contributed by atoms with Crippen molar-refractivity contribution in [2.24, 2.45) is 0 Å². The molecule has 4 rings (SSSR count). The standard InChI is InChI=1S/C24H18F5N5O3S/c25-17-2-4-19(5-3-17)38(36,37)34-13-18(26)8-21(34)23(35)33-11-15-7-20(31-12-16(15)9-30)14-1-6-22(32-10-14)24(27,28)29/h1-7,10,12,18,21H,8,11,13H2,(H,33,35)/t18-,21+/m1/s1. The maximum atomic E-state index is 14.2. The first-order valence-electron chi connectivity index (χ1n) is 11.0. The van der Waals surface area contributed by atoms with Crippen LogP contribution in [0.2, 0.25) is 0 Å². The third-order valence-corrected chi connectivity index (χ3v) is 7.73. The van der Waals surface area contributed by atoms with Crippen molar-refractivity contribution in [2.75, 3.05) is 6.54 Å². The molecule has 1 saturated heterocycles. The molecular formula is C24H18F5N5O3S. The molecule has 2 atom stereocenters. The van der Waals surface area contributed by atoms with E-state index < -0.39 is 58.8 Å². The van der Waals surface area contributed by atoms with E-state index in [9.17, 15) is 40.4 Å². The van der Waals surface area contributed by atoms with E-state index in [0.717, 1.165) is 42.6 Å². The first-order valence-corrected chi connectivity index (χ1v) is 12.5. The highest BCUT2D eigenvalue weighted by atomic mass is 32.2. The number of hydrogen-bond acceptors (Lipinski definition) is 6. The van der Waals surface area contributed by atoms with Gasteiger partial charge >= 0.3 is 6.18 Å². The topological polar surface area (TPSA) is 116 Å². The Morgan fingerprint density at radius 1 is 1.13 bits per heavy atom. The van der Waals surface area contributed by atoms with Gasteiger partial charge in [-0.15, -0.1) is 0 Å². The van der Waals surface area contributed by atoms with E-state index in [1.165, 1.54) is 12.3 Å². The second-order valence-electron chi connectivity index (χ2n) is 8.36. The van der Waals surface area contributed by atoms with Crippen LogP contribution in [0.4, 0.5) is 22.0 Å². The maximum absolute atomic E-state index is 14.2. The molecule has 0 saturated carbocycles. The van der Waals surface area contributed by atoms with Gasteiger partial charge in [-0.1, -0.05) is 0 Å². The second kappa shape index (κ2) is 10.4. The minimum atomic E-state index is -4.62. The van der Waals surface area contributed by atoms with Crippen molar-refractivity contribution in [3.8, 4) is 17.3 Å². The number of halogens is 5. The third-order valence-electron chi connectivity index (χ3n) is 5.84. The number of nitrogens with zero attached hydrogens (tertiary/aromatic N) is 4. The lowest BCUT2D eigenvalue weighted by atomic mass is 10.1. The number of nitriles is 1. The largest absolute Gasteiger partial charge is 0.433 e. The molecular weight excluding hydrogens is 533 g/mol. The summed E-state index contributed by atoms with van der Waals surface area (Å²) in [7, 11) is -4.32. The van der Waals surface area contributed by atoms with E-state index in [2.05, 4.69) is 15.3 Å². The summed E-state index contributed by atoms with van der Waals surface area (Å²) in [5, 5.41) is 11.9. The summed E-state index contributed by atoms with van der Waals surface area (Å²) in [6.07, 6.45) is -4.50. The Kier molecular flexibility index (Phi) is 7.43. The molecule has 1 aliphatic heterocycles. The number of pyridine rings is 2. The van der Waals surface area contributed by atoms with Gasteiger partial charge in [-0.05, 0) is 48.0 Å². The third kappa shape index (κ3) is 5.63. The molecule has 1 amide bonds. The number of alkyl halides is 4. The maximum Gasteiger partial charge on any atom is 0.433 e. The number of amides is 1. The summed E-state index contributed by atoms with van der Waals surface area (Å²) in [6.45, 7) is -0.842. The second-order valence-corrected chi connectivity index (χ2v) is 10.3. The van der Waals surface area contributed by atoms with Crippen molar-refractivity contribution in [1.82, 2.24) is 19.6 Å². The van der Waals surface area contributed by atoms with Crippen LogP contribution < -0.4 is 5.32 Å². The van der Waals surface area contributed by atoms with Crippen LogP contribution in [0.25, 0.3) is 11.3 Å². The predicted molar refractivity (Wildman–Crippen MR) is 123 cm³/mol. The Morgan fingerprint density at radius 3 is 2.45 bits per heavy atom. The van der Waals surface area contributed by atoms with Gasteiger partial charge in [-0.25, -0.2) is 17.2 Å². The molecule has 0 aliphatic carbocycles. The van der Waals surface area contributed by atoms with Crippen LogP contribution in [-0.4, -0.2) is 47.4 Å². The minimum Gasteiger partial charge on any atom is -0.351 e. The smallest absolute Gasteiger partial charge is 0.351 e. The Balaban J connectivity index is 1.53. The van der Waals surface area contributed by atoms with Gasteiger partial charge in [0.2, 0.25) is 15.9 Å². The fourth-order valence-electron chi connectivity index (χ4n) is 3.92. The first kappa shape index (κ1) is 27.1. The minimum absolute atomic E-state index is 0.0551. The SMILES string of the molecule is N#Cc1cnc(-c2ccc(C(F)(F)F)nc2)cc1CNC(=O)[C@@H]1C[C@@H](F)CN1S(=O)(=O)c1ccc(F)cc1. The van der Waals surface area contributed by atoms with Crippen molar-refractivity contribution < 1.29 is 35.2 Å². The number of nitrogens with one attached hydrogen (secondary N) is 1. The van der Waals surface area contributed by atoms with Crippen molar-refractivity contribution in [3.63, 3.8) is 0 Å². The van der Waals surface area contributed by atoms with Crippen molar-refractivity contribution >= 4 is 15.9 Å². The fourth-order valence-corrected chi connectivity index (χ4v) is 5.54. The number of aromatic nitrogens is 2. The van der Waals surface area contributed by atoms with E-state index >= 15 is 0 Å². The molecule has 0 unspecified atom stereocenters.